The first-order valence-corrected chi connectivity index (χ1v) is 5.44. The molecule has 0 aliphatic heterocycles. The maximum absolute atomic E-state index is 11.3. The van der Waals surface area contributed by atoms with Gasteiger partial charge in [0.25, 0.3) is 10.1 Å². The molecule has 0 amide bonds. The number of carbonyl (C=O) groups is 1. The van der Waals surface area contributed by atoms with Gasteiger partial charge < -0.3 is 0 Å². The molecule has 0 aliphatic rings. The van der Waals surface area contributed by atoms with Gasteiger partial charge in [0.05, 0.1) is 4.90 Å². The van der Waals surface area contributed by atoms with Crippen LogP contribution in [0.2, 0.25) is 0 Å². The first-order valence-electron chi connectivity index (χ1n) is 3.65. The minimum absolute atomic E-state index is 0.00193. The zero-order valence-corrected chi connectivity index (χ0v) is 8.59. The van der Waals surface area contributed by atoms with E-state index in [9.17, 15) is 13.2 Å². The highest BCUT2D eigenvalue weighted by Crippen LogP contribution is 2.10. The molecule has 0 unspecified atom stereocenters. The molecule has 0 aromatic heterocycles. The smallest absolute Gasteiger partial charge is 0.279 e. The molecule has 4 nitrogen and oxygen atoms in total. The molecule has 0 radical (unpaired) electrons. The predicted molar refractivity (Wildman–Crippen MR) is 50.4 cm³/mol. The maximum atomic E-state index is 11.3. The number of rotatable bonds is 4. The Bertz CT molecular complexity index is 412. The van der Waals surface area contributed by atoms with Crippen LogP contribution in [0.4, 0.5) is 0 Å². The molecule has 1 aromatic carbocycles. The Morgan fingerprint density at radius 2 is 1.86 bits per heavy atom. The number of halogens is 1. The van der Waals surface area contributed by atoms with E-state index in [2.05, 4.69) is 4.18 Å². The van der Waals surface area contributed by atoms with Crippen molar-refractivity contribution in [3.05, 3.63) is 30.3 Å². The quantitative estimate of drug-likeness (QED) is 0.579. The van der Waals surface area contributed by atoms with Gasteiger partial charge in [-0.1, -0.05) is 18.2 Å². The molecule has 0 saturated carbocycles. The summed E-state index contributed by atoms with van der Waals surface area (Å²) in [4.78, 5) is 10.3. The second-order valence-corrected chi connectivity index (χ2v) is 4.42. The van der Waals surface area contributed by atoms with Crippen LogP contribution >= 0.6 is 11.6 Å². The normalized spacial score (nSPS) is 11.2. The molecule has 0 heterocycles. The van der Waals surface area contributed by atoms with Gasteiger partial charge in [0, 0.05) is 0 Å². The van der Waals surface area contributed by atoms with Crippen LogP contribution in [-0.4, -0.2) is 20.3 Å². The van der Waals surface area contributed by atoms with Gasteiger partial charge in [-0.2, -0.15) is 8.42 Å². The lowest BCUT2D eigenvalue weighted by molar-refractivity contribution is -0.113. The third kappa shape index (κ3) is 3.10. The van der Waals surface area contributed by atoms with E-state index < -0.39 is 22.0 Å². The largest absolute Gasteiger partial charge is 0.297 e. The SMILES string of the molecule is O=C(Cl)COS(=O)(=O)c1ccccc1. The van der Waals surface area contributed by atoms with E-state index in [0.29, 0.717) is 0 Å². The summed E-state index contributed by atoms with van der Waals surface area (Å²) in [6.07, 6.45) is 0. The Morgan fingerprint density at radius 3 is 2.36 bits per heavy atom. The van der Waals surface area contributed by atoms with Crippen LogP contribution in [0.15, 0.2) is 35.2 Å². The lowest BCUT2D eigenvalue weighted by Crippen LogP contribution is -2.10. The molecular weight excluding hydrogens is 228 g/mol. The molecule has 0 bridgehead atoms. The third-order valence-electron chi connectivity index (χ3n) is 1.36. The molecule has 0 spiro atoms. The zero-order valence-electron chi connectivity index (χ0n) is 7.01. The van der Waals surface area contributed by atoms with E-state index in [1.165, 1.54) is 12.1 Å². The summed E-state index contributed by atoms with van der Waals surface area (Å²) in [6.45, 7) is -0.654. The summed E-state index contributed by atoms with van der Waals surface area (Å²) in [5, 5.41) is -0.857. The molecule has 76 valence electrons. The van der Waals surface area contributed by atoms with Crippen LogP contribution in [0, 0.1) is 0 Å². The Hall–Kier alpha value is -0.910. The third-order valence-corrected chi connectivity index (χ3v) is 2.75. The van der Waals surface area contributed by atoms with E-state index in [1.807, 2.05) is 0 Å². The molecule has 1 rings (SSSR count). The summed E-state index contributed by atoms with van der Waals surface area (Å²) in [6, 6.07) is 7.52. The monoisotopic (exact) mass is 234 g/mol. The van der Waals surface area contributed by atoms with Crippen LogP contribution in [0.25, 0.3) is 0 Å². The highest BCUT2D eigenvalue weighted by molar-refractivity contribution is 7.86. The minimum atomic E-state index is -3.86. The summed E-state index contributed by atoms with van der Waals surface area (Å²) in [5.74, 6) is 0. The molecule has 0 aliphatic carbocycles. The number of benzene rings is 1. The minimum Gasteiger partial charge on any atom is -0.279 e. The summed E-state index contributed by atoms with van der Waals surface area (Å²) >= 11 is 4.94. The van der Waals surface area contributed by atoms with Crippen molar-refractivity contribution in [2.75, 3.05) is 6.61 Å². The Labute approximate surface area is 86.6 Å². The van der Waals surface area contributed by atoms with Crippen molar-refractivity contribution in [3.8, 4) is 0 Å². The van der Waals surface area contributed by atoms with Gasteiger partial charge in [-0.15, -0.1) is 0 Å². The van der Waals surface area contributed by atoms with Crippen LogP contribution in [0.3, 0.4) is 0 Å². The van der Waals surface area contributed by atoms with E-state index in [0.717, 1.165) is 0 Å². The van der Waals surface area contributed by atoms with Crippen LogP contribution < -0.4 is 0 Å². The van der Waals surface area contributed by atoms with Crippen LogP contribution in [0.5, 0.6) is 0 Å². The van der Waals surface area contributed by atoms with Crippen molar-refractivity contribution >= 4 is 27.0 Å². The van der Waals surface area contributed by atoms with Crippen molar-refractivity contribution < 1.29 is 17.4 Å². The maximum Gasteiger partial charge on any atom is 0.297 e. The zero-order chi connectivity index (χ0) is 10.6. The van der Waals surface area contributed by atoms with Gasteiger partial charge in [0.1, 0.15) is 6.61 Å². The average Bonchev–Trinajstić information content (AvgIpc) is 2.16. The van der Waals surface area contributed by atoms with Crippen LogP contribution in [0.1, 0.15) is 0 Å². The topological polar surface area (TPSA) is 60.4 Å². The van der Waals surface area contributed by atoms with Crippen molar-refractivity contribution in [3.63, 3.8) is 0 Å². The van der Waals surface area contributed by atoms with Gasteiger partial charge in [0.2, 0.25) is 5.24 Å². The summed E-state index contributed by atoms with van der Waals surface area (Å²) < 4.78 is 27.0. The summed E-state index contributed by atoms with van der Waals surface area (Å²) in [7, 11) is -3.86. The number of carbonyl (C=O) groups excluding carboxylic acids is 1. The molecule has 0 saturated heterocycles. The first kappa shape index (κ1) is 11.2. The van der Waals surface area contributed by atoms with Gasteiger partial charge in [0.15, 0.2) is 0 Å². The fourth-order valence-corrected chi connectivity index (χ4v) is 1.79. The van der Waals surface area contributed by atoms with Crippen LogP contribution in [-0.2, 0) is 19.1 Å². The van der Waals surface area contributed by atoms with Gasteiger partial charge in [-0.3, -0.25) is 8.98 Å². The molecular formula is C8H7ClO4S. The van der Waals surface area contributed by atoms with E-state index >= 15 is 0 Å². The number of hydrogen-bond acceptors (Lipinski definition) is 4. The lowest BCUT2D eigenvalue weighted by Gasteiger charge is -2.01. The fraction of sp³-hybridized carbons (Fsp3) is 0.125. The average molecular weight is 235 g/mol. The highest BCUT2D eigenvalue weighted by atomic mass is 35.5. The Kier molecular flexibility index (Phi) is 3.62. The van der Waals surface area contributed by atoms with Crippen molar-refractivity contribution in [2.45, 2.75) is 4.90 Å². The second kappa shape index (κ2) is 4.54. The summed E-state index contributed by atoms with van der Waals surface area (Å²) in [5.41, 5.74) is 0. The van der Waals surface area contributed by atoms with Crippen molar-refractivity contribution in [1.82, 2.24) is 0 Å². The van der Waals surface area contributed by atoms with Gasteiger partial charge >= 0.3 is 0 Å². The molecule has 0 atom stereocenters. The molecule has 1 aromatic rings. The standard InChI is InChI=1S/C8H7ClO4S/c9-8(10)6-13-14(11,12)7-4-2-1-3-5-7/h1-5H,6H2. The molecule has 14 heavy (non-hydrogen) atoms. The molecule has 0 N–H and O–H groups in total. The van der Waals surface area contributed by atoms with Crippen molar-refractivity contribution in [2.24, 2.45) is 0 Å². The lowest BCUT2D eigenvalue weighted by atomic mass is 10.4. The van der Waals surface area contributed by atoms with E-state index in [-0.39, 0.29) is 4.90 Å². The molecule has 6 heteroatoms. The molecule has 0 fully saturated rings. The van der Waals surface area contributed by atoms with E-state index in [4.69, 9.17) is 11.6 Å². The highest BCUT2D eigenvalue weighted by Gasteiger charge is 2.15. The van der Waals surface area contributed by atoms with E-state index in [1.54, 1.807) is 18.2 Å². The van der Waals surface area contributed by atoms with Crippen molar-refractivity contribution in [1.29, 1.82) is 0 Å². The first-order chi connectivity index (χ1) is 6.52. The fourth-order valence-electron chi connectivity index (χ4n) is 0.779. The van der Waals surface area contributed by atoms with Gasteiger partial charge in [-0.25, -0.2) is 0 Å². The predicted octanol–water partition coefficient (Wildman–Crippen LogP) is 1.16. The Morgan fingerprint density at radius 1 is 1.29 bits per heavy atom. The Balaban J connectivity index is 2.82. The second-order valence-electron chi connectivity index (χ2n) is 2.38. The van der Waals surface area contributed by atoms with Gasteiger partial charge in [-0.05, 0) is 23.7 Å². The number of hydrogen-bond donors (Lipinski definition) is 0.